The molecule has 0 spiro atoms. The fraction of sp³-hybridized carbons (Fsp3) is 0.464. The maximum absolute atomic E-state index is 13.5. The number of benzene rings is 2. The van der Waals surface area contributed by atoms with Crippen molar-refractivity contribution in [2.75, 3.05) is 19.7 Å². The van der Waals surface area contributed by atoms with Gasteiger partial charge in [0.15, 0.2) is 0 Å². The van der Waals surface area contributed by atoms with Crippen LogP contribution in [-0.4, -0.2) is 53.2 Å². The number of hydrogen-bond acceptors (Lipinski definition) is 4. The molecule has 1 unspecified atom stereocenters. The van der Waals surface area contributed by atoms with Crippen molar-refractivity contribution in [2.24, 2.45) is 17.8 Å². The summed E-state index contributed by atoms with van der Waals surface area (Å²) < 4.78 is 5.65. The lowest BCUT2D eigenvalue weighted by molar-refractivity contribution is -0.161. The Morgan fingerprint density at radius 1 is 1.03 bits per heavy atom. The minimum atomic E-state index is -1.03. The summed E-state index contributed by atoms with van der Waals surface area (Å²) in [4.78, 5) is 39.7. The van der Waals surface area contributed by atoms with Crippen molar-refractivity contribution in [2.45, 2.75) is 43.6 Å². The van der Waals surface area contributed by atoms with Crippen LogP contribution in [0.1, 0.15) is 49.1 Å². The van der Waals surface area contributed by atoms with Gasteiger partial charge in [0.25, 0.3) is 0 Å². The van der Waals surface area contributed by atoms with Crippen LogP contribution in [0.2, 0.25) is 0 Å². The second-order valence-corrected chi connectivity index (χ2v) is 10.6. The molecule has 0 radical (unpaired) electrons. The highest BCUT2D eigenvalue weighted by Crippen LogP contribution is 2.52. The number of hydrogen-bond donors (Lipinski definition) is 2. The quantitative estimate of drug-likeness (QED) is 0.632. The summed E-state index contributed by atoms with van der Waals surface area (Å²) >= 11 is 0. The first-order chi connectivity index (χ1) is 17.0. The maximum atomic E-state index is 13.5. The summed E-state index contributed by atoms with van der Waals surface area (Å²) in [5, 5.41) is 12.6. The van der Waals surface area contributed by atoms with Crippen molar-refractivity contribution in [1.29, 1.82) is 0 Å². The van der Waals surface area contributed by atoms with Crippen LogP contribution in [0.5, 0.6) is 0 Å². The fourth-order valence-electron chi connectivity index (χ4n) is 6.61. The van der Waals surface area contributed by atoms with Crippen molar-refractivity contribution in [1.82, 2.24) is 10.2 Å². The second-order valence-electron chi connectivity index (χ2n) is 10.6. The Hall–Kier alpha value is -3.35. The lowest BCUT2D eigenvalue weighted by Crippen LogP contribution is -2.57. The van der Waals surface area contributed by atoms with Crippen molar-refractivity contribution in [3.63, 3.8) is 0 Å². The van der Waals surface area contributed by atoms with Crippen LogP contribution in [0.4, 0.5) is 4.79 Å². The Balaban J connectivity index is 1.10. The second kappa shape index (κ2) is 8.40. The molecule has 182 valence electrons. The molecule has 7 heteroatoms. The summed E-state index contributed by atoms with van der Waals surface area (Å²) in [6.07, 6.45) is 3.48. The van der Waals surface area contributed by atoms with E-state index in [4.69, 9.17) is 4.74 Å². The molecular formula is C28H30N2O5. The van der Waals surface area contributed by atoms with Crippen molar-refractivity contribution < 1.29 is 24.2 Å². The Morgan fingerprint density at radius 3 is 2.23 bits per heavy atom. The molecule has 2 aromatic rings. The summed E-state index contributed by atoms with van der Waals surface area (Å²) in [6, 6.07) is 16.4. The molecule has 3 aliphatic carbocycles. The van der Waals surface area contributed by atoms with E-state index in [1.54, 1.807) is 4.90 Å². The molecule has 2 saturated carbocycles. The topological polar surface area (TPSA) is 95.9 Å². The van der Waals surface area contributed by atoms with Gasteiger partial charge in [0.1, 0.15) is 12.1 Å². The monoisotopic (exact) mass is 474 g/mol. The van der Waals surface area contributed by atoms with Crippen molar-refractivity contribution >= 4 is 18.0 Å². The largest absolute Gasteiger partial charge is 0.479 e. The zero-order valence-electron chi connectivity index (χ0n) is 19.6. The number of rotatable bonds is 7. The summed E-state index contributed by atoms with van der Waals surface area (Å²) in [5.74, 6) is -0.997. The number of nitrogens with zero attached hydrogens (tertiary/aromatic N) is 1. The minimum Gasteiger partial charge on any atom is -0.479 e. The first kappa shape index (κ1) is 22.1. The predicted molar refractivity (Wildman–Crippen MR) is 129 cm³/mol. The van der Waals surface area contributed by atoms with Crippen LogP contribution in [0.25, 0.3) is 11.1 Å². The lowest BCUT2D eigenvalue weighted by Gasteiger charge is -2.41. The van der Waals surface area contributed by atoms with Crippen LogP contribution in [0.15, 0.2) is 48.5 Å². The molecule has 5 aliphatic rings. The SMILES string of the molecule is O=C(NCC(C(=O)N1CC2CC1(C(=O)O)C2)C1CCC1)OCC1c2ccccc2-c2ccccc21. The molecule has 35 heavy (non-hydrogen) atoms. The number of carbonyl (C=O) groups excluding carboxylic acids is 2. The third-order valence-electron chi connectivity index (χ3n) is 8.72. The predicted octanol–water partition coefficient (Wildman–Crippen LogP) is 4.02. The van der Waals surface area contributed by atoms with Gasteiger partial charge in [-0.1, -0.05) is 55.0 Å². The molecule has 2 aliphatic heterocycles. The average Bonchev–Trinajstić information content (AvgIpc) is 3.47. The van der Waals surface area contributed by atoms with Gasteiger partial charge in [-0.15, -0.1) is 0 Å². The van der Waals surface area contributed by atoms with Crippen LogP contribution in [0, 0.1) is 17.8 Å². The number of carboxylic acids is 1. The molecule has 0 aromatic heterocycles. The Morgan fingerprint density at radius 2 is 1.66 bits per heavy atom. The first-order valence-electron chi connectivity index (χ1n) is 12.6. The molecule has 2 bridgehead atoms. The molecular weight excluding hydrogens is 444 g/mol. The summed E-state index contributed by atoms with van der Waals surface area (Å²) in [7, 11) is 0. The molecule has 1 atom stereocenters. The van der Waals surface area contributed by atoms with E-state index in [2.05, 4.69) is 29.6 Å². The summed E-state index contributed by atoms with van der Waals surface area (Å²) in [6.45, 7) is 0.911. The number of alkyl carbamates (subject to hydrolysis) is 1. The van der Waals surface area contributed by atoms with E-state index in [0.29, 0.717) is 19.4 Å². The molecule has 2 amide bonds. The molecule has 2 aromatic carbocycles. The molecule has 7 rings (SSSR count). The number of aliphatic carboxylic acids is 1. The van der Waals surface area contributed by atoms with E-state index in [-0.39, 0.29) is 36.8 Å². The number of fused-ring (bicyclic) bond motifs is 4. The smallest absolute Gasteiger partial charge is 0.407 e. The highest BCUT2D eigenvalue weighted by molar-refractivity contribution is 5.91. The molecule has 4 fully saturated rings. The van der Waals surface area contributed by atoms with E-state index >= 15 is 0 Å². The lowest BCUT2D eigenvalue weighted by atomic mass is 9.72. The first-order valence-corrected chi connectivity index (χ1v) is 12.6. The van der Waals surface area contributed by atoms with Gasteiger partial charge in [0.2, 0.25) is 5.91 Å². The van der Waals surface area contributed by atoms with Gasteiger partial charge in [0.05, 0.1) is 5.92 Å². The van der Waals surface area contributed by atoms with Gasteiger partial charge < -0.3 is 20.1 Å². The van der Waals surface area contributed by atoms with E-state index in [1.807, 2.05) is 24.3 Å². The van der Waals surface area contributed by atoms with Gasteiger partial charge in [-0.25, -0.2) is 9.59 Å². The van der Waals surface area contributed by atoms with Gasteiger partial charge in [0, 0.05) is 19.0 Å². The standard InChI is InChI=1S/C28H30N2O5/c31-25(30-15-17-12-28(30,13-17)26(32)33)23(18-6-5-7-18)14-29-27(34)35-16-24-21-10-3-1-8-19(21)20-9-2-4-11-22(20)24/h1-4,8-11,17-18,23-24H,5-7,12-16H2,(H,29,34)(H,32,33). The molecule has 2 saturated heterocycles. The minimum absolute atomic E-state index is 0.0240. The summed E-state index contributed by atoms with van der Waals surface area (Å²) in [5.41, 5.74) is 3.60. The zero-order chi connectivity index (χ0) is 24.2. The Kier molecular flexibility index (Phi) is 5.31. The Labute approximate surface area is 204 Å². The zero-order valence-corrected chi connectivity index (χ0v) is 19.6. The molecule has 2 N–H and O–H groups in total. The number of amides is 2. The third kappa shape index (κ3) is 3.51. The molecule has 7 nitrogen and oxygen atoms in total. The Bertz CT molecular complexity index is 1140. The average molecular weight is 475 g/mol. The number of nitrogens with one attached hydrogen (secondary N) is 1. The van der Waals surface area contributed by atoms with E-state index in [1.165, 1.54) is 11.1 Å². The highest BCUT2D eigenvalue weighted by atomic mass is 16.5. The number of ether oxygens (including phenoxy) is 1. The van der Waals surface area contributed by atoms with Crippen LogP contribution in [0.3, 0.4) is 0 Å². The maximum Gasteiger partial charge on any atom is 0.407 e. The highest BCUT2D eigenvalue weighted by Gasteiger charge is 2.63. The van der Waals surface area contributed by atoms with E-state index in [0.717, 1.165) is 30.4 Å². The fourth-order valence-corrected chi connectivity index (χ4v) is 6.61. The van der Waals surface area contributed by atoms with E-state index in [9.17, 15) is 19.5 Å². The van der Waals surface area contributed by atoms with Gasteiger partial charge >= 0.3 is 12.1 Å². The van der Waals surface area contributed by atoms with Crippen molar-refractivity contribution in [3.05, 3.63) is 59.7 Å². The molecule has 2 heterocycles. The van der Waals surface area contributed by atoms with Crippen molar-refractivity contribution in [3.8, 4) is 11.1 Å². The number of carbonyl (C=O) groups is 3. The van der Waals surface area contributed by atoms with Gasteiger partial charge in [-0.3, -0.25) is 4.79 Å². The van der Waals surface area contributed by atoms with Crippen LogP contribution >= 0.6 is 0 Å². The van der Waals surface area contributed by atoms with Crippen LogP contribution < -0.4 is 5.32 Å². The van der Waals surface area contributed by atoms with Crippen LogP contribution in [-0.2, 0) is 14.3 Å². The third-order valence-corrected chi connectivity index (χ3v) is 8.72. The van der Waals surface area contributed by atoms with Gasteiger partial charge in [-0.2, -0.15) is 0 Å². The van der Waals surface area contributed by atoms with Gasteiger partial charge in [-0.05, 0) is 59.8 Å². The van der Waals surface area contributed by atoms with E-state index < -0.39 is 23.5 Å². The normalized spacial score (nSPS) is 25.1. The number of carboxylic acid groups (broad SMARTS) is 1.